The Morgan fingerprint density at radius 1 is 0.865 bits per heavy atom. The molecule has 0 unspecified atom stereocenters. The van der Waals surface area contributed by atoms with Gasteiger partial charge in [0.15, 0.2) is 10.8 Å². The Morgan fingerprint density at radius 2 is 1.54 bits per heavy atom. The summed E-state index contributed by atoms with van der Waals surface area (Å²) in [6.07, 6.45) is 0. The number of esters is 1. The van der Waals surface area contributed by atoms with Crippen molar-refractivity contribution in [3.63, 3.8) is 0 Å². The molecule has 6 nitrogen and oxygen atoms in total. The second kappa shape index (κ2) is 10.6. The van der Waals surface area contributed by atoms with E-state index >= 15 is 0 Å². The SMILES string of the molecule is CCOC(=O)c1ccc(-c2ccc(-c3nc(-c4ccccc4)c(NC(=O)c4ccc(F)cc4)s3)o2)cc1. The Labute approximate surface area is 216 Å². The molecule has 0 aliphatic rings. The molecule has 0 aliphatic carbocycles. The number of carbonyl (C=O) groups is 2. The lowest BCUT2D eigenvalue weighted by Crippen LogP contribution is -2.11. The van der Waals surface area contributed by atoms with Gasteiger partial charge < -0.3 is 14.5 Å². The van der Waals surface area contributed by atoms with Gasteiger partial charge in [0.2, 0.25) is 0 Å². The van der Waals surface area contributed by atoms with Crippen molar-refractivity contribution in [1.82, 2.24) is 4.98 Å². The highest BCUT2D eigenvalue weighted by Gasteiger charge is 2.19. The lowest BCUT2D eigenvalue weighted by Gasteiger charge is -2.05. The van der Waals surface area contributed by atoms with Gasteiger partial charge in [-0.1, -0.05) is 53.8 Å². The van der Waals surface area contributed by atoms with E-state index < -0.39 is 5.82 Å². The fraction of sp³-hybridized carbons (Fsp3) is 0.0690. The average Bonchev–Trinajstić information content (AvgIpc) is 3.58. The second-order valence-corrected chi connectivity index (χ2v) is 8.98. The number of carbonyl (C=O) groups excluding carboxylic acids is 2. The molecule has 1 amide bonds. The van der Waals surface area contributed by atoms with Gasteiger partial charge in [-0.15, -0.1) is 0 Å². The van der Waals surface area contributed by atoms with Crippen molar-refractivity contribution in [1.29, 1.82) is 0 Å². The molecular weight excluding hydrogens is 491 g/mol. The van der Waals surface area contributed by atoms with Gasteiger partial charge in [0.1, 0.15) is 22.3 Å². The number of halogens is 1. The third-order valence-electron chi connectivity index (χ3n) is 5.51. The van der Waals surface area contributed by atoms with Crippen LogP contribution in [0.25, 0.3) is 33.3 Å². The van der Waals surface area contributed by atoms with E-state index in [4.69, 9.17) is 14.1 Å². The van der Waals surface area contributed by atoms with Crippen LogP contribution < -0.4 is 5.32 Å². The number of amides is 1. The summed E-state index contributed by atoms with van der Waals surface area (Å²) in [6, 6.07) is 25.5. The minimum Gasteiger partial charge on any atom is -0.462 e. The van der Waals surface area contributed by atoms with E-state index in [0.29, 0.717) is 45.0 Å². The van der Waals surface area contributed by atoms with Crippen LogP contribution in [0.2, 0.25) is 0 Å². The van der Waals surface area contributed by atoms with Gasteiger partial charge in [-0.25, -0.2) is 14.2 Å². The molecular formula is C29H21FN2O4S. The van der Waals surface area contributed by atoms with Gasteiger partial charge in [0, 0.05) is 16.7 Å². The molecule has 5 aromatic rings. The number of thiazole rings is 1. The Bertz CT molecular complexity index is 1540. The summed E-state index contributed by atoms with van der Waals surface area (Å²) < 4.78 is 24.4. The molecule has 0 fully saturated rings. The number of furan rings is 1. The van der Waals surface area contributed by atoms with Crippen molar-refractivity contribution in [3.8, 4) is 33.3 Å². The van der Waals surface area contributed by atoms with Crippen LogP contribution in [0, 0.1) is 5.82 Å². The van der Waals surface area contributed by atoms with E-state index in [0.717, 1.165) is 11.1 Å². The van der Waals surface area contributed by atoms with Crippen molar-refractivity contribution in [2.45, 2.75) is 6.92 Å². The molecule has 0 atom stereocenters. The normalized spacial score (nSPS) is 10.8. The van der Waals surface area contributed by atoms with Crippen LogP contribution in [0.15, 0.2) is 95.4 Å². The number of nitrogens with one attached hydrogen (secondary N) is 1. The molecule has 1 N–H and O–H groups in total. The lowest BCUT2D eigenvalue weighted by molar-refractivity contribution is 0.0526. The Kier molecular flexibility index (Phi) is 6.91. The van der Waals surface area contributed by atoms with Crippen LogP contribution in [0.4, 0.5) is 9.39 Å². The molecule has 3 aromatic carbocycles. The van der Waals surface area contributed by atoms with E-state index in [1.165, 1.54) is 35.6 Å². The first-order chi connectivity index (χ1) is 18.0. The van der Waals surface area contributed by atoms with E-state index in [-0.39, 0.29) is 11.9 Å². The minimum absolute atomic E-state index is 0.313. The molecule has 0 saturated carbocycles. The molecule has 5 rings (SSSR count). The number of aromatic nitrogens is 1. The fourth-order valence-electron chi connectivity index (χ4n) is 3.67. The van der Waals surface area contributed by atoms with Crippen LogP contribution in [0.3, 0.4) is 0 Å². The van der Waals surface area contributed by atoms with Crippen molar-refractivity contribution in [3.05, 3.63) is 108 Å². The molecule has 0 radical (unpaired) electrons. The first-order valence-corrected chi connectivity index (χ1v) is 12.3. The van der Waals surface area contributed by atoms with Crippen molar-refractivity contribution in [2.24, 2.45) is 0 Å². The van der Waals surface area contributed by atoms with Crippen molar-refractivity contribution < 1.29 is 23.1 Å². The van der Waals surface area contributed by atoms with Crippen molar-refractivity contribution >= 4 is 28.2 Å². The Hall–Kier alpha value is -4.56. The van der Waals surface area contributed by atoms with Gasteiger partial charge in [-0.05, 0) is 55.5 Å². The predicted octanol–water partition coefficient (Wildman–Crippen LogP) is 7.31. The number of hydrogen-bond acceptors (Lipinski definition) is 6. The Morgan fingerprint density at radius 3 is 2.24 bits per heavy atom. The summed E-state index contributed by atoms with van der Waals surface area (Å²) >= 11 is 1.28. The maximum Gasteiger partial charge on any atom is 0.338 e. The third-order valence-corrected chi connectivity index (χ3v) is 6.49. The molecule has 0 aliphatic heterocycles. The highest BCUT2D eigenvalue weighted by Crippen LogP contribution is 2.39. The van der Waals surface area contributed by atoms with Gasteiger partial charge in [-0.2, -0.15) is 0 Å². The predicted molar refractivity (Wildman–Crippen MR) is 141 cm³/mol. The highest BCUT2D eigenvalue weighted by molar-refractivity contribution is 7.19. The molecule has 37 heavy (non-hydrogen) atoms. The first-order valence-electron chi connectivity index (χ1n) is 11.5. The summed E-state index contributed by atoms with van der Waals surface area (Å²) in [5.74, 6) is -0.00622. The zero-order valence-electron chi connectivity index (χ0n) is 19.7. The summed E-state index contributed by atoms with van der Waals surface area (Å²) in [6.45, 7) is 2.07. The van der Waals surface area contributed by atoms with Crippen LogP contribution in [0.5, 0.6) is 0 Å². The lowest BCUT2D eigenvalue weighted by atomic mass is 10.1. The number of rotatable bonds is 7. The molecule has 2 heterocycles. The number of benzene rings is 3. The Balaban J connectivity index is 1.44. The molecule has 0 saturated heterocycles. The van der Waals surface area contributed by atoms with Crippen LogP contribution >= 0.6 is 11.3 Å². The third kappa shape index (κ3) is 5.34. The van der Waals surface area contributed by atoms with E-state index in [1.54, 1.807) is 31.2 Å². The van der Waals surface area contributed by atoms with E-state index in [1.807, 2.05) is 42.5 Å². The van der Waals surface area contributed by atoms with Crippen LogP contribution in [0.1, 0.15) is 27.6 Å². The number of ether oxygens (including phenoxy) is 1. The monoisotopic (exact) mass is 512 g/mol. The molecule has 2 aromatic heterocycles. The van der Waals surface area contributed by atoms with Crippen LogP contribution in [-0.4, -0.2) is 23.5 Å². The van der Waals surface area contributed by atoms with Crippen molar-refractivity contribution in [2.75, 3.05) is 11.9 Å². The summed E-state index contributed by atoms with van der Waals surface area (Å²) in [7, 11) is 0. The number of anilines is 1. The number of hydrogen-bond donors (Lipinski definition) is 1. The molecule has 8 heteroatoms. The topological polar surface area (TPSA) is 81.4 Å². The smallest absolute Gasteiger partial charge is 0.338 e. The average molecular weight is 513 g/mol. The standard InChI is InChI=1S/C29H21FN2O4S/c1-2-35-29(34)21-10-8-18(9-11-21)23-16-17-24(36-23)27-31-25(19-6-4-3-5-7-19)28(37-27)32-26(33)20-12-14-22(30)15-13-20/h3-17H,2H2,1H3,(H,32,33). The first kappa shape index (κ1) is 24.1. The van der Waals surface area contributed by atoms with Gasteiger partial charge in [-0.3, -0.25) is 4.79 Å². The molecule has 0 spiro atoms. The van der Waals surface area contributed by atoms with E-state index in [2.05, 4.69) is 5.32 Å². The quantitative estimate of drug-likeness (QED) is 0.231. The largest absolute Gasteiger partial charge is 0.462 e. The highest BCUT2D eigenvalue weighted by atomic mass is 32.1. The molecule has 0 bridgehead atoms. The maximum absolute atomic E-state index is 13.3. The number of nitrogens with zero attached hydrogens (tertiary/aromatic N) is 1. The summed E-state index contributed by atoms with van der Waals surface area (Å²) in [4.78, 5) is 29.5. The summed E-state index contributed by atoms with van der Waals surface area (Å²) in [5, 5.41) is 4.04. The fourth-order valence-corrected chi connectivity index (χ4v) is 4.62. The zero-order valence-corrected chi connectivity index (χ0v) is 20.6. The van der Waals surface area contributed by atoms with Gasteiger partial charge in [0.05, 0.1) is 12.2 Å². The second-order valence-electron chi connectivity index (χ2n) is 7.99. The van der Waals surface area contributed by atoms with Gasteiger partial charge in [0.25, 0.3) is 5.91 Å². The minimum atomic E-state index is -0.411. The maximum atomic E-state index is 13.3. The summed E-state index contributed by atoms with van der Waals surface area (Å²) in [5.41, 5.74) is 3.03. The molecule has 184 valence electrons. The van der Waals surface area contributed by atoms with Gasteiger partial charge >= 0.3 is 5.97 Å². The zero-order chi connectivity index (χ0) is 25.8. The van der Waals surface area contributed by atoms with E-state index in [9.17, 15) is 14.0 Å². The van der Waals surface area contributed by atoms with Crippen LogP contribution in [-0.2, 0) is 4.74 Å².